The maximum absolute atomic E-state index is 13.8. The molecule has 0 bridgehead atoms. The minimum atomic E-state index is -0.346. The average molecular weight is 401 g/mol. The predicted molar refractivity (Wildman–Crippen MR) is 94.4 cm³/mol. The molecule has 6 heteroatoms. The molecule has 0 aliphatic rings. The number of benzene rings is 2. The molecular formula is C17H18BrClFN2O+. The predicted octanol–water partition coefficient (Wildman–Crippen LogP) is 3.20. The molecule has 1 amide bonds. The van der Waals surface area contributed by atoms with Gasteiger partial charge in [-0.25, -0.2) is 4.39 Å². The number of amides is 1. The summed E-state index contributed by atoms with van der Waals surface area (Å²) in [5.41, 5.74) is 2.18. The lowest BCUT2D eigenvalue weighted by Crippen LogP contribution is -3.08. The van der Waals surface area contributed by atoms with E-state index in [0.29, 0.717) is 17.1 Å². The molecule has 1 atom stereocenters. The van der Waals surface area contributed by atoms with Crippen LogP contribution in [-0.2, 0) is 11.3 Å². The third-order valence-corrected chi connectivity index (χ3v) is 4.31. The van der Waals surface area contributed by atoms with Crippen LogP contribution in [0.25, 0.3) is 0 Å². The first-order valence-corrected chi connectivity index (χ1v) is 8.34. The van der Waals surface area contributed by atoms with Gasteiger partial charge in [0.2, 0.25) is 0 Å². The second-order valence-corrected chi connectivity index (χ2v) is 6.84. The van der Waals surface area contributed by atoms with Crippen molar-refractivity contribution < 1.29 is 14.1 Å². The van der Waals surface area contributed by atoms with Gasteiger partial charge in [0, 0.05) is 10.2 Å². The molecule has 0 heterocycles. The summed E-state index contributed by atoms with van der Waals surface area (Å²) in [5.74, 6) is -0.471. The van der Waals surface area contributed by atoms with Crippen molar-refractivity contribution in [2.75, 3.05) is 18.9 Å². The number of hydrogen-bond donors (Lipinski definition) is 2. The fourth-order valence-electron chi connectivity index (χ4n) is 2.30. The van der Waals surface area contributed by atoms with Crippen LogP contribution < -0.4 is 10.2 Å². The minimum Gasteiger partial charge on any atom is -0.326 e. The van der Waals surface area contributed by atoms with Crippen LogP contribution >= 0.6 is 27.5 Å². The van der Waals surface area contributed by atoms with Gasteiger partial charge in [0.25, 0.3) is 5.91 Å². The Morgan fingerprint density at radius 2 is 2.09 bits per heavy atom. The van der Waals surface area contributed by atoms with Crippen molar-refractivity contribution in [3.05, 3.63) is 62.8 Å². The average Bonchev–Trinajstić information content (AvgIpc) is 2.46. The maximum Gasteiger partial charge on any atom is 0.279 e. The van der Waals surface area contributed by atoms with E-state index in [4.69, 9.17) is 11.6 Å². The monoisotopic (exact) mass is 399 g/mol. The maximum atomic E-state index is 13.8. The van der Waals surface area contributed by atoms with E-state index in [2.05, 4.69) is 21.2 Å². The number of carbonyl (C=O) groups excluding carboxylic acids is 1. The van der Waals surface area contributed by atoms with Gasteiger partial charge in [0.1, 0.15) is 12.4 Å². The molecule has 0 aromatic heterocycles. The molecule has 2 aromatic carbocycles. The van der Waals surface area contributed by atoms with Crippen molar-refractivity contribution in [2.45, 2.75) is 13.5 Å². The summed E-state index contributed by atoms with van der Waals surface area (Å²) in [6.07, 6.45) is 0. The van der Waals surface area contributed by atoms with Gasteiger partial charge in [-0.3, -0.25) is 4.79 Å². The van der Waals surface area contributed by atoms with Gasteiger partial charge in [0.15, 0.2) is 6.54 Å². The number of quaternary nitrogens is 1. The number of likely N-dealkylation sites (N-methyl/N-ethyl adjacent to an activating group) is 1. The van der Waals surface area contributed by atoms with Gasteiger partial charge in [-0.05, 0) is 42.8 Å². The molecule has 2 N–H and O–H groups in total. The van der Waals surface area contributed by atoms with Gasteiger partial charge in [-0.15, -0.1) is 0 Å². The van der Waals surface area contributed by atoms with Crippen LogP contribution in [0.3, 0.4) is 0 Å². The van der Waals surface area contributed by atoms with Crippen molar-refractivity contribution in [1.29, 1.82) is 0 Å². The van der Waals surface area contributed by atoms with Gasteiger partial charge < -0.3 is 10.2 Å². The zero-order chi connectivity index (χ0) is 17.0. The molecule has 0 radical (unpaired) electrons. The topological polar surface area (TPSA) is 33.5 Å². The molecule has 2 aromatic rings. The Balaban J connectivity index is 1.97. The highest BCUT2D eigenvalue weighted by molar-refractivity contribution is 9.10. The van der Waals surface area contributed by atoms with Gasteiger partial charge >= 0.3 is 0 Å². The zero-order valence-electron chi connectivity index (χ0n) is 12.9. The number of hydrogen-bond acceptors (Lipinski definition) is 1. The van der Waals surface area contributed by atoms with E-state index < -0.39 is 0 Å². The normalized spacial score (nSPS) is 12.0. The number of aryl methyl sites for hydroxylation is 1. The second kappa shape index (κ2) is 7.90. The summed E-state index contributed by atoms with van der Waals surface area (Å²) in [6.45, 7) is 2.49. The first kappa shape index (κ1) is 17.9. The lowest BCUT2D eigenvalue weighted by molar-refractivity contribution is -0.885. The zero-order valence-corrected chi connectivity index (χ0v) is 15.3. The Morgan fingerprint density at radius 3 is 2.74 bits per heavy atom. The van der Waals surface area contributed by atoms with Crippen molar-refractivity contribution in [1.82, 2.24) is 0 Å². The van der Waals surface area contributed by atoms with E-state index >= 15 is 0 Å². The largest absolute Gasteiger partial charge is 0.326 e. The lowest BCUT2D eigenvalue weighted by Gasteiger charge is -2.16. The van der Waals surface area contributed by atoms with Crippen molar-refractivity contribution in [3.63, 3.8) is 0 Å². The Kier molecular flexibility index (Phi) is 6.16. The summed E-state index contributed by atoms with van der Waals surface area (Å²) >= 11 is 9.41. The summed E-state index contributed by atoms with van der Waals surface area (Å²) < 4.78 is 14.7. The number of rotatable bonds is 5. The van der Waals surface area contributed by atoms with Gasteiger partial charge in [0.05, 0.1) is 17.6 Å². The van der Waals surface area contributed by atoms with E-state index in [1.165, 1.54) is 6.07 Å². The van der Waals surface area contributed by atoms with Crippen molar-refractivity contribution >= 4 is 39.1 Å². The fourth-order valence-corrected chi connectivity index (χ4v) is 3.01. The first-order valence-electron chi connectivity index (χ1n) is 7.17. The molecule has 23 heavy (non-hydrogen) atoms. The lowest BCUT2D eigenvalue weighted by atomic mass is 10.2. The Bertz CT molecular complexity index is 703. The molecule has 122 valence electrons. The number of anilines is 1. The van der Waals surface area contributed by atoms with Crippen molar-refractivity contribution in [3.8, 4) is 0 Å². The number of halogens is 3. The van der Waals surface area contributed by atoms with Gasteiger partial charge in [-0.1, -0.05) is 33.6 Å². The molecule has 0 saturated heterocycles. The van der Waals surface area contributed by atoms with Gasteiger partial charge in [-0.2, -0.15) is 0 Å². The van der Waals surface area contributed by atoms with Crippen LogP contribution in [0.4, 0.5) is 10.1 Å². The fraction of sp³-hybridized carbons (Fsp3) is 0.235. The van der Waals surface area contributed by atoms with Crippen LogP contribution in [0.1, 0.15) is 11.1 Å². The quantitative estimate of drug-likeness (QED) is 0.794. The Labute approximate surface area is 148 Å². The molecule has 0 fully saturated rings. The Hall–Kier alpha value is -1.43. The van der Waals surface area contributed by atoms with Crippen LogP contribution in [-0.4, -0.2) is 19.5 Å². The van der Waals surface area contributed by atoms with Crippen LogP contribution in [0.5, 0.6) is 0 Å². The smallest absolute Gasteiger partial charge is 0.279 e. The Morgan fingerprint density at radius 1 is 1.35 bits per heavy atom. The molecule has 0 saturated carbocycles. The summed E-state index contributed by atoms with van der Waals surface area (Å²) in [5, 5.41) is 3.26. The summed E-state index contributed by atoms with van der Waals surface area (Å²) in [7, 11) is 1.83. The molecule has 3 nitrogen and oxygen atoms in total. The summed E-state index contributed by atoms with van der Waals surface area (Å²) in [6, 6.07) is 10.3. The molecule has 1 unspecified atom stereocenters. The van der Waals surface area contributed by atoms with E-state index in [-0.39, 0.29) is 18.3 Å². The van der Waals surface area contributed by atoms with E-state index in [9.17, 15) is 9.18 Å². The SMILES string of the molecule is Cc1cc(Br)ccc1NC(=O)C[NH+](C)Cc1c(F)cccc1Cl. The highest BCUT2D eigenvalue weighted by Gasteiger charge is 2.16. The molecule has 2 rings (SSSR count). The van der Waals surface area contributed by atoms with E-state index in [0.717, 1.165) is 20.6 Å². The minimum absolute atomic E-state index is 0.125. The van der Waals surface area contributed by atoms with Crippen LogP contribution in [0.2, 0.25) is 5.02 Å². The van der Waals surface area contributed by atoms with Crippen LogP contribution in [0.15, 0.2) is 40.9 Å². The second-order valence-electron chi connectivity index (χ2n) is 5.52. The molecule has 0 spiro atoms. The van der Waals surface area contributed by atoms with E-state index in [1.54, 1.807) is 12.1 Å². The highest BCUT2D eigenvalue weighted by Crippen LogP contribution is 2.20. The summed E-state index contributed by atoms with van der Waals surface area (Å²) in [4.78, 5) is 13.0. The standard InChI is InChI=1S/C17H17BrClFN2O/c1-11-8-12(18)6-7-16(11)21-17(23)10-22(2)9-13-14(19)4-3-5-15(13)20/h3-8H,9-10H2,1-2H3,(H,21,23)/p+1. The van der Waals surface area contributed by atoms with Crippen LogP contribution in [0, 0.1) is 12.7 Å². The third kappa shape index (κ3) is 5.03. The van der Waals surface area contributed by atoms with E-state index in [1.807, 2.05) is 32.2 Å². The third-order valence-electron chi connectivity index (χ3n) is 3.47. The first-order chi connectivity index (χ1) is 10.9. The molecule has 0 aliphatic carbocycles. The molecular weight excluding hydrogens is 383 g/mol. The number of carbonyl (C=O) groups is 1. The number of nitrogens with one attached hydrogen (secondary N) is 2. The highest BCUT2D eigenvalue weighted by atomic mass is 79.9. The van der Waals surface area contributed by atoms with Crippen molar-refractivity contribution in [2.24, 2.45) is 0 Å². The molecule has 0 aliphatic heterocycles.